The lowest BCUT2D eigenvalue weighted by molar-refractivity contribution is -0.137. The van der Waals surface area contributed by atoms with Gasteiger partial charge in [0.1, 0.15) is 5.69 Å². The molecule has 0 aliphatic carbocycles. The molecule has 2 heterocycles. The number of rotatable bonds is 1. The molecule has 0 amide bonds. The highest BCUT2D eigenvalue weighted by Gasteiger charge is 2.34. The number of aryl methyl sites for hydroxylation is 1. The van der Waals surface area contributed by atoms with Crippen LogP contribution in [0.2, 0.25) is 0 Å². The summed E-state index contributed by atoms with van der Waals surface area (Å²) in [5, 5.41) is -0.893. The monoisotopic (exact) mass is 259 g/mol. The number of hydrogen-bond acceptors (Lipinski definition) is 4. The molecule has 0 saturated heterocycles. The summed E-state index contributed by atoms with van der Waals surface area (Å²) < 4.78 is 37.2. The smallest absolute Gasteiger partial charge is 0.397 e. The third-order valence-corrected chi connectivity index (χ3v) is 3.24. The highest BCUT2D eigenvalue weighted by molar-refractivity contribution is 7.15. The molecule has 0 spiro atoms. The minimum Gasteiger partial charge on any atom is -0.397 e. The molecule has 2 N–H and O–H groups in total. The number of nitrogens with two attached hydrogens (primary N) is 1. The van der Waals surface area contributed by atoms with E-state index in [2.05, 4.69) is 9.97 Å². The molecule has 0 saturated carbocycles. The maximum Gasteiger partial charge on any atom is 0.443 e. The lowest BCUT2D eigenvalue weighted by Crippen LogP contribution is -2.02. The van der Waals surface area contributed by atoms with Crippen LogP contribution in [0.1, 0.15) is 10.6 Å². The van der Waals surface area contributed by atoms with Gasteiger partial charge in [0, 0.05) is 12.4 Å². The number of aromatic nitrogens is 2. The SMILES string of the molecule is Cc1ccnc(-c2cnc(C(F)(F)F)s2)c1N. The predicted molar refractivity (Wildman–Crippen MR) is 59.5 cm³/mol. The van der Waals surface area contributed by atoms with Crippen molar-refractivity contribution in [3.05, 3.63) is 29.0 Å². The van der Waals surface area contributed by atoms with Gasteiger partial charge in [-0.3, -0.25) is 4.98 Å². The van der Waals surface area contributed by atoms with Crippen molar-refractivity contribution in [3.63, 3.8) is 0 Å². The van der Waals surface area contributed by atoms with Crippen molar-refractivity contribution in [1.29, 1.82) is 0 Å². The van der Waals surface area contributed by atoms with Gasteiger partial charge in [-0.05, 0) is 18.6 Å². The molecular formula is C10H8F3N3S. The van der Waals surface area contributed by atoms with Crippen molar-refractivity contribution in [3.8, 4) is 10.6 Å². The Hall–Kier alpha value is -1.63. The zero-order valence-electron chi connectivity index (χ0n) is 8.75. The molecule has 0 unspecified atom stereocenters. The first-order chi connectivity index (χ1) is 7.89. The lowest BCUT2D eigenvalue weighted by Gasteiger charge is -2.04. The third kappa shape index (κ3) is 2.23. The molecule has 2 rings (SSSR count). The van der Waals surface area contributed by atoms with Gasteiger partial charge in [-0.2, -0.15) is 13.2 Å². The number of anilines is 1. The van der Waals surface area contributed by atoms with Crippen molar-refractivity contribution in [2.75, 3.05) is 5.73 Å². The van der Waals surface area contributed by atoms with Gasteiger partial charge in [0.25, 0.3) is 0 Å². The number of thiazole rings is 1. The Balaban J connectivity index is 2.48. The predicted octanol–water partition coefficient (Wildman–Crippen LogP) is 3.11. The van der Waals surface area contributed by atoms with Gasteiger partial charge in [-0.1, -0.05) is 0 Å². The number of hydrogen-bond donors (Lipinski definition) is 1. The largest absolute Gasteiger partial charge is 0.443 e. The molecule has 0 aromatic carbocycles. The molecule has 90 valence electrons. The minimum absolute atomic E-state index is 0.318. The van der Waals surface area contributed by atoms with Crippen LogP contribution in [0.3, 0.4) is 0 Å². The van der Waals surface area contributed by atoms with Crippen LogP contribution in [-0.4, -0.2) is 9.97 Å². The highest BCUT2D eigenvalue weighted by atomic mass is 32.1. The minimum atomic E-state index is -4.43. The number of nitrogen functional groups attached to an aromatic ring is 1. The molecule has 17 heavy (non-hydrogen) atoms. The standard InChI is InChI=1S/C10H8F3N3S/c1-5-2-3-15-8(7(5)14)6-4-16-9(17-6)10(11,12)13/h2-4H,14H2,1H3. The van der Waals surface area contributed by atoms with E-state index in [-0.39, 0.29) is 0 Å². The van der Waals surface area contributed by atoms with Gasteiger partial charge in [0.05, 0.1) is 10.6 Å². The fourth-order valence-electron chi connectivity index (χ4n) is 1.28. The van der Waals surface area contributed by atoms with E-state index in [0.29, 0.717) is 27.6 Å². The van der Waals surface area contributed by atoms with Crippen molar-refractivity contribution in [1.82, 2.24) is 9.97 Å². The second-order valence-electron chi connectivity index (χ2n) is 3.42. The summed E-state index contributed by atoms with van der Waals surface area (Å²) >= 11 is 0.537. The van der Waals surface area contributed by atoms with E-state index < -0.39 is 11.2 Å². The molecule has 0 aliphatic heterocycles. The van der Waals surface area contributed by atoms with E-state index in [9.17, 15) is 13.2 Å². The first kappa shape index (κ1) is 11.8. The number of pyridine rings is 1. The van der Waals surface area contributed by atoms with Crippen LogP contribution in [0.4, 0.5) is 18.9 Å². The Labute approximate surface area is 99.1 Å². The lowest BCUT2D eigenvalue weighted by atomic mass is 10.2. The van der Waals surface area contributed by atoms with Crippen LogP contribution in [0.25, 0.3) is 10.6 Å². The van der Waals surface area contributed by atoms with E-state index in [1.165, 1.54) is 6.20 Å². The van der Waals surface area contributed by atoms with E-state index in [4.69, 9.17) is 5.73 Å². The molecule has 0 aliphatic rings. The number of alkyl halides is 3. The molecular weight excluding hydrogens is 251 g/mol. The molecule has 0 fully saturated rings. The summed E-state index contributed by atoms with van der Waals surface area (Å²) in [6.45, 7) is 1.77. The van der Waals surface area contributed by atoms with E-state index in [0.717, 1.165) is 11.8 Å². The normalized spacial score (nSPS) is 11.8. The second kappa shape index (κ2) is 3.99. The third-order valence-electron chi connectivity index (χ3n) is 2.19. The van der Waals surface area contributed by atoms with Gasteiger partial charge in [0.2, 0.25) is 0 Å². The zero-order valence-corrected chi connectivity index (χ0v) is 9.56. The van der Waals surface area contributed by atoms with Crippen LogP contribution < -0.4 is 5.73 Å². The summed E-state index contributed by atoms with van der Waals surface area (Å²) in [6, 6.07) is 1.70. The van der Waals surface area contributed by atoms with Crippen molar-refractivity contribution < 1.29 is 13.2 Å². The molecule has 0 bridgehead atoms. The summed E-state index contributed by atoms with van der Waals surface area (Å²) in [5.74, 6) is 0. The Morgan fingerprint density at radius 1 is 1.29 bits per heavy atom. The maximum absolute atomic E-state index is 12.4. The maximum atomic E-state index is 12.4. The molecule has 2 aromatic rings. The number of halogens is 3. The van der Waals surface area contributed by atoms with Gasteiger partial charge < -0.3 is 5.73 Å². The Morgan fingerprint density at radius 3 is 2.59 bits per heavy atom. The van der Waals surface area contributed by atoms with Crippen molar-refractivity contribution in [2.45, 2.75) is 13.1 Å². The van der Waals surface area contributed by atoms with Crippen molar-refractivity contribution in [2.24, 2.45) is 0 Å². The fraction of sp³-hybridized carbons (Fsp3) is 0.200. The van der Waals surface area contributed by atoms with Gasteiger partial charge in [-0.15, -0.1) is 11.3 Å². The molecule has 0 radical (unpaired) electrons. The van der Waals surface area contributed by atoms with Crippen LogP contribution in [0.5, 0.6) is 0 Å². The van der Waals surface area contributed by atoms with Gasteiger partial charge in [-0.25, -0.2) is 4.98 Å². The Bertz CT molecular complexity index is 548. The Kier molecular flexibility index (Phi) is 2.78. The van der Waals surface area contributed by atoms with E-state index in [1.807, 2.05) is 0 Å². The van der Waals surface area contributed by atoms with Crippen molar-refractivity contribution >= 4 is 17.0 Å². The van der Waals surface area contributed by atoms with Crippen LogP contribution >= 0.6 is 11.3 Å². The molecule has 7 heteroatoms. The van der Waals surface area contributed by atoms with Crippen LogP contribution in [-0.2, 0) is 6.18 Å². The molecule has 2 aromatic heterocycles. The van der Waals surface area contributed by atoms with Crippen LogP contribution in [0, 0.1) is 6.92 Å². The summed E-state index contributed by atoms with van der Waals surface area (Å²) in [4.78, 5) is 7.63. The summed E-state index contributed by atoms with van der Waals surface area (Å²) in [6.07, 6.45) is -1.78. The summed E-state index contributed by atoms with van der Waals surface area (Å²) in [7, 11) is 0. The fourth-order valence-corrected chi connectivity index (χ4v) is 2.07. The topological polar surface area (TPSA) is 51.8 Å². The number of nitrogens with zero attached hydrogens (tertiary/aromatic N) is 2. The first-order valence-electron chi connectivity index (χ1n) is 4.64. The van der Waals surface area contributed by atoms with E-state index in [1.54, 1.807) is 13.0 Å². The van der Waals surface area contributed by atoms with Crippen LogP contribution in [0.15, 0.2) is 18.5 Å². The molecule has 3 nitrogen and oxygen atoms in total. The highest BCUT2D eigenvalue weighted by Crippen LogP contribution is 2.37. The van der Waals surface area contributed by atoms with Gasteiger partial charge >= 0.3 is 6.18 Å². The van der Waals surface area contributed by atoms with E-state index >= 15 is 0 Å². The average molecular weight is 259 g/mol. The molecule has 0 atom stereocenters. The first-order valence-corrected chi connectivity index (χ1v) is 5.45. The summed E-state index contributed by atoms with van der Waals surface area (Å²) in [5.41, 5.74) is 7.27. The second-order valence-corrected chi connectivity index (χ2v) is 4.45. The quantitative estimate of drug-likeness (QED) is 0.856. The average Bonchev–Trinajstić information content (AvgIpc) is 2.70. The Morgan fingerprint density at radius 2 is 2.00 bits per heavy atom. The van der Waals surface area contributed by atoms with Gasteiger partial charge in [0.15, 0.2) is 5.01 Å². The zero-order chi connectivity index (χ0) is 12.6.